The van der Waals surface area contributed by atoms with Crippen LogP contribution in [0.2, 0.25) is 0 Å². The summed E-state index contributed by atoms with van der Waals surface area (Å²) in [6.07, 6.45) is 9.03. The molecular formula is C39H44F3N6O5P. The zero-order chi connectivity index (χ0) is 38.1. The van der Waals surface area contributed by atoms with Crippen molar-refractivity contribution < 1.29 is 36.6 Å². The number of phenolic OH excluding ortho intramolecular Hbond substituents is 1. The fourth-order valence-corrected chi connectivity index (χ4v) is 11.5. The number of pyridine rings is 1. The Bertz CT molecular complexity index is 2190. The maximum Gasteiger partial charge on any atom is 0.409 e. The predicted molar refractivity (Wildman–Crippen MR) is 199 cm³/mol. The van der Waals surface area contributed by atoms with Gasteiger partial charge in [-0.1, -0.05) is 12.0 Å². The van der Waals surface area contributed by atoms with Crippen molar-refractivity contribution in [2.45, 2.75) is 95.8 Å². The summed E-state index contributed by atoms with van der Waals surface area (Å²) in [5, 5.41) is 11.6. The zero-order valence-electron chi connectivity index (χ0n) is 30.8. The first-order chi connectivity index (χ1) is 25.8. The summed E-state index contributed by atoms with van der Waals surface area (Å²) in [6, 6.07) is 4.85. The quantitative estimate of drug-likeness (QED) is 0.129. The van der Waals surface area contributed by atoms with E-state index in [1.807, 2.05) is 37.3 Å². The van der Waals surface area contributed by atoms with Gasteiger partial charge < -0.3 is 14.7 Å². The van der Waals surface area contributed by atoms with Crippen LogP contribution in [0.4, 0.5) is 19.0 Å². The van der Waals surface area contributed by atoms with Crippen LogP contribution in [0.25, 0.3) is 32.9 Å². The molecule has 6 heterocycles. The van der Waals surface area contributed by atoms with E-state index in [-0.39, 0.29) is 70.4 Å². The highest BCUT2D eigenvalue weighted by molar-refractivity contribution is 7.51. The highest BCUT2D eigenvalue weighted by Crippen LogP contribution is 2.60. The molecule has 15 heteroatoms. The fraction of sp³-hybridized carbons (Fsp3) is 0.513. The highest BCUT2D eigenvalue weighted by Gasteiger charge is 2.52. The number of halogens is 3. The summed E-state index contributed by atoms with van der Waals surface area (Å²) in [5.41, 5.74) is -0.794. The second-order valence-electron chi connectivity index (χ2n) is 15.5. The lowest BCUT2D eigenvalue weighted by Gasteiger charge is -2.44. The maximum absolute atomic E-state index is 17.1. The molecule has 0 radical (unpaired) electrons. The molecule has 4 aliphatic rings. The van der Waals surface area contributed by atoms with E-state index < -0.39 is 31.1 Å². The minimum absolute atomic E-state index is 0.0834. The van der Waals surface area contributed by atoms with Gasteiger partial charge in [-0.05, 0) is 83.5 Å². The van der Waals surface area contributed by atoms with E-state index in [2.05, 4.69) is 20.8 Å². The Morgan fingerprint density at radius 1 is 1.07 bits per heavy atom. The molecule has 54 heavy (non-hydrogen) atoms. The number of hydrogen-bond donors (Lipinski definition) is 1. The number of aromatic hydroxyl groups is 1. The third kappa shape index (κ3) is 6.37. The fourth-order valence-electron chi connectivity index (χ4n) is 9.04. The van der Waals surface area contributed by atoms with Gasteiger partial charge in [0, 0.05) is 55.3 Å². The molecule has 2 aromatic heterocycles. The first-order valence-electron chi connectivity index (χ1n) is 18.6. The number of ether oxygens (including phenoxy) is 1. The van der Waals surface area contributed by atoms with Crippen molar-refractivity contribution >= 4 is 35.2 Å². The van der Waals surface area contributed by atoms with E-state index in [1.165, 1.54) is 30.5 Å². The molecule has 4 fully saturated rings. The van der Waals surface area contributed by atoms with Gasteiger partial charge >= 0.3 is 13.8 Å². The number of piperazine rings is 1. The third-order valence-electron chi connectivity index (χ3n) is 11.0. The Balaban J connectivity index is 1.23. The van der Waals surface area contributed by atoms with Crippen LogP contribution in [0.3, 0.4) is 0 Å². The van der Waals surface area contributed by atoms with Gasteiger partial charge in [0.1, 0.15) is 41.4 Å². The summed E-state index contributed by atoms with van der Waals surface area (Å²) in [6.45, 7) is 9.29. The normalized spacial score (nSPS) is 24.7. The lowest BCUT2D eigenvalue weighted by atomic mass is 9.95. The molecule has 11 nitrogen and oxygen atoms in total. The van der Waals surface area contributed by atoms with E-state index in [9.17, 15) is 18.5 Å². The van der Waals surface area contributed by atoms with Crippen LogP contribution in [0.5, 0.6) is 11.8 Å². The standard InChI is InChI=1S/C39H44F3N6O5P/c1-6-29-32(41)11-8-24-14-28(49)15-30(33(24)29)35-34(42)36-31(17-43-35)37(45-38(44-36)51-21-39-12-7-13-47(39)18-25(40)16-39)46-19-26-9-10-27(20-46)48(26)54(50,52-22(2)3)53-23(4)5/h1,8,11,14-15,17,22-23,25-27,49H,7,9-10,12-13,16,18-21H2,2-5H3/t25-,26?,27?,39+/m1/s1. The Labute approximate surface area is 312 Å². The van der Waals surface area contributed by atoms with E-state index in [4.69, 9.17) is 25.2 Å². The summed E-state index contributed by atoms with van der Waals surface area (Å²) >= 11 is 0. The van der Waals surface area contributed by atoms with E-state index in [0.29, 0.717) is 42.6 Å². The van der Waals surface area contributed by atoms with Crippen LogP contribution in [0.1, 0.15) is 65.4 Å². The molecule has 8 rings (SSSR count). The predicted octanol–water partition coefficient (Wildman–Crippen LogP) is 7.38. The van der Waals surface area contributed by atoms with Crippen molar-refractivity contribution in [3.63, 3.8) is 0 Å². The molecule has 0 amide bonds. The number of aromatic nitrogens is 3. The van der Waals surface area contributed by atoms with Crippen LogP contribution in [0.15, 0.2) is 30.5 Å². The van der Waals surface area contributed by atoms with Gasteiger partial charge in [-0.25, -0.2) is 17.7 Å². The van der Waals surface area contributed by atoms with Crippen LogP contribution < -0.4 is 9.64 Å². The lowest BCUT2D eigenvalue weighted by molar-refractivity contribution is 0.0882. The van der Waals surface area contributed by atoms with Crippen LogP contribution >= 0.6 is 7.75 Å². The van der Waals surface area contributed by atoms with Crippen molar-refractivity contribution in [1.29, 1.82) is 0 Å². The van der Waals surface area contributed by atoms with Crippen molar-refractivity contribution in [1.82, 2.24) is 24.5 Å². The number of nitrogens with zero attached hydrogens (tertiary/aromatic N) is 6. The van der Waals surface area contributed by atoms with Crippen LogP contribution in [0, 0.1) is 24.0 Å². The Morgan fingerprint density at radius 3 is 2.48 bits per heavy atom. The number of terminal acetylenes is 1. The van der Waals surface area contributed by atoms with Gasteiger partial charge in [-0.15, -0.1) is 6.42 Å². The second-order valence-corrected chi connectivity index (χ2v) is 17.3. The Morgan fingerprint density at radius 2 is 1.80 bits per heavy atom. The SMILES string of the molecule is C#Cc1c(F)ccc2cc(O)cc(-c3ncc4c(N5CC6CCC(C5)N6P(=O)(OC(C)C)OC(C)C)nc(OC[C@@]56CCCN5C[C@H](F)C6)nc4c3F)c12. The molecule has 2 bridgehead atoms. The second kappa shape index (κ2) is 13.9. The van der Waals surface area contributed by atoms with E-state index in [1.54, 1.807) is 0 Å². The largest absolute Gasteiger partial charge is 0.508 e. The summed E-state index contributed by atoms with van der Waals surface area (Å²) in [5.74, 6) is 1.05. The number of benzene rings is 2. The molecular weight excluding hydrogens is 720 g/mol. The summed E-state index contributed by atoms with van der Waals surface area (Å²) in [7, 11) is -3.67. The number of anilines is 1. The molecule has 0 spiro atoms. The molecule has 1 N–H and O–H groups in total. The third-order valence-corrected chi connectivity index (χ3v) is 13.6. The lowest BCUT2D eigenvalue weighted by Crippen LogP contribution is -2.53. The van der Waals surface area contributed by atoms with Crippen molar-refractivity contribution in [3.8, 4) is 35.4 Å². The minimum Gasteiger partial charge on any atom is -0.508 e. The summed E-state index contributed by atoms with van der Waals surface area (Å²) < 4.78 is 81.3. The molecule has 2 aromatic carbocycles. The molecule has 0 aliphatic carbocycles. The van der Waals surface area contributed by atoms with Gasteiger partial charge in [-0.2, -0.15) is 14.6 Å². The van der Waals surface area contributed by atoms with Gasteiger partial charge in [0.2, 0.25) is 0 Å². The topological polar surface area (TPSA) is 113 Å². The maximum atomic E-state index is 17.1. The minimum atomic E-state index is -3.67. The van der Waals surface area contributed by atoms with E-state index in [0.717, 1.165) is 32.2 Å². The van der Waals surface area contributed by atoms with Crippen molar-refractivity contribution in [2.75, 3.05) is 37.7 Å². The van der Waals surface area contributed by atoms with Crippen molar-refractivity contribution in [2.24, 2.45) is 0 Å². The Hall–Kier alpha value is -3.99. The molecule has 0 saturated carbocycles. The van der Waals surface area contributed by atoms with Gasteiger partial charge in [0.05, 0.1) is 28.7 Å². The molecule has 2 unspecified atom stereocenters. The molecule has 4 saturated heterocycles. The highest BCUT2D eigenvalue weighted by atomic mass is 31.2. The Kier molecular flexibility index (Phi) is 9.54. The monoisotopic (exact) mass is 764 g/mol. The van der Waals surface area contributed by atoms with Gasteiger partial charge in [0.15, 0.2) is 5.82 Å². The molecule has 4 aromatic rings. The van der Waals surface area contributed by atoms with Crippen LogP contribution in [-0.2, 0) is 13.6 Å². The van der Waals surface area contributed by atoms with Crippen LogP contribution in [-0.4, -0.2) is 98.4 Å². The average molecular weight is 765 g/mol. The molecule has 286 valence electrons. The number of alkyl halides is 1. The number of fused-ring (bicyclic) bond motifs is 5. The zero-order valence-corrected chi connectivity index (χ0v) is 31.7. The van der Waals surface area contributed by atoms with Crippen molar-refractivity contribution in [3.05, 3.63) is 47.7 Å². The first-order valence-corrected chi connectivity index (χ1v) is 20.1. The smallest absolute Gasteiger partial charge is 0.409 e. The van der Waals surface area contributed by atoms with Gasteiger partial charge in [0.25, 0.3) is 0 Å². The van der Waals surface area contributed by atoms with Gasteiger partial charge in [-0.3, -0.25) is 18.9 Å². The van der Waals surface area contributed by atoms with E-state index >= 15 is 4.39 Å². The number of phenols is 1. The number of rotatable bonds is 10. The average Bonchev–Trinajstić information content (AvgIpc) is 3.73. The molecule has 4 aliphatic heterocycles. The first kappa shape index (κ1) is 37.0. The number of hydrogen-bond acceptors (Lipinski definition) is 10. The summed E-state index contributed by atoms with van der Waals surface area (Å²) in [4.78, 5) is 18.1. The molecule has 4 atom stereocenters.